The van der Waals surface area contributed by atoms with E-state index in [1.54, 1.807) is 0 Å². The van der Waals surface area contributed by atoms with Crippen molar-refractivity contribution in [2.75, 3.05) is 13.1 Å². The van der Waals surface area contributed by atoms with E-state index in [-0.39, 0.29) is 11.9 Å². The molecule has 2 aliphatic rings. The molecule has 1 saturated carbocycles. The molecule has 2 fully saturated rings. The highest BCUT2D eigenvalue weighted by molar-refractivity contribution is 5.81. The number of aliphatic hydroxyl groups is 1. The van der Waals surface area contributed by atoms with Crippen LogP contribution in [0.1, 0.15) is 38.5 Å². The minimum Gasteiger partial charge on any atom is -0.389 e. The minimum absolute atomic E-state index is 0.0930. The van der Waals surface area contributed by atoms with Gasteiger partial charge in [-0.15, -0.1) is 0 Å². The highest BCUT2D eigenvalue weighted by Crippen LogP contribution is 2.30. The van der Waals surface area contributed by atoms with Crippen LogP contribution in [0.25, 0.3) is 0 Å². The first-order valence-electron chi connectivity index (χ1n) is 5.93. The highest BCUT2D eigenvalue weighted by atomic mass is 16.3. The lowest BCUT2D eigenvalue weighted by Gasteiger charge is -2.37. The van der Waals surface area contributed by atoms with E-state index in [0.717, 1.165) is 45.1 Å². The van der Waals surface area contributed by atoms with Gasteiger partial charge >= 0.3 is 0 Å². The number of carbonyl (C=O) groups excluding carboxylic acids is 1. The van der Waals surface area contributed by atoms with Gasteiger partial charge in [0.05, 0.1) is 11.6 Å². The number of rotatable bonds is 3. The van der Waals surface area contributed by atoms with Crippen molar-refractivity contribution < 1.29 is 9.90 Å². The molecule has 0 aromatic rings. The Morgan fingerprint density at radius 1 is 1.40 bits per heavy atom. The summed E-state index contributed by atoms with van der Waals surface area (Å²) in [5.41, 5.74) is -0.535. The van der Waals surface area contributed by atoms with Gasteiger partial charge in [0.15, 0.2) is 0 Å². The Balaban J connectivity index is 1.79. The van der Waals surface area contributed by atoms with Crippen LogP contribution in [-0.4, -0.2) is 35.7 Å². The lowest BCUT2D eigenvalue weighted by molar-refractivity contribution is -0.123. The van der Waals surface area contributed by atoms with Crippen molar-refractivity contribution in [2.24, 2.45) is 0 Å². The van der Waals surface area contributed by atoms with Crippen LogP contribution in [0.15, 0.2) is 0 Å². The van der Waals surface area contributed by atoms with Gasteiger partial charge in [-0.05, 0) is 38.5 Å². The third-order valence-corrected chi connectivity index (χ3v) is 3.50. The summed E-state index contributed by atoms with van der Waals surface area (Å²) in [6, 6.07) is -0.0999. The van der Waals surface area contributed by atoms with E-state index in [2.05, 4.69) is 10.6 Å². The van der Waals surface area contributed by atoms with Crippen molar-refractivity contribution in [3.8, 4) is 0 Å². The quantitative estimate of drug-likeness (QED) is 0.624. The second-order valence-electron chi connectivity index (χ2n) is 4.80. The first kappa shape index (κ1) is 10.9. The number of hydrogen-bond acceptors (Lipinski definition) is 3. The van der Waals surface area contributed by atoms with Gasteiger partial charge < -0.3 is 15.7 Å². The molecular weight excluding hydrogens is 192 g/mol. The number of amides is 1. The summed E-state index contributed by atoms with van der Waals surface area (Å²) < 4.78 is 0. The van der Waals surface area contributed by atoms with Crippen molar-refractivity contribution >= 4 is 5.91 Å². The zero-order valence-corrected chi connectivity index (χ0v) is 9.09. The summed E-state index contributed by atoms with van der Waals surface area (Å²) >= 11 is 0. The Bertz CT molecular complexity index is 239. The third-order valence-electron chi connectivity index (χ3n) is 3.50. The Hall–Kier alpha value is -0.610. The van der Waals surface area contributed by atoms with E-state index in [4.69, 9.17) is 0 Å². The molecule has 86 valence electrons. The second-order valence-corrected chi connectivity index (χ2v) is 4.80. The zero-order valence-electron chi connectivity index (χ0n) is 9.09. The summed E-state index contributed by atoms with van der Waals surface area (Å²) in [5.74, 6) is 0.0930. The van der Waals surface area contributed by atoms with Crippen molar-refractivity contribution in [1.82, 2.24) is 10.6 Å². The highest BCUT2D eigenvalue weighted by Gasteiger charge is 2.35. The Morgan fingerprint density at radius 3 is 2.87 bits per heavy atom. The van der Waals surface area contributed by atoms with Crippen LogP contribution in [0.5, 0.6) is 0 Å². The molecule has 15 heavy (non-hydrogen) atoms. The van der Waals surface area contributed by atoms with Crippen LogP contribution in [0.4, 0.5) is 0 Å². The predicted octanol–water partition coefficient (Wildman–Crippen LogP) is 0.160. The van der Waals surface area contributed by atoms with Crippen molar-refractivity contribution in [3.63, 3.8) is 0 Å². The van der Waals surface area contributed by atoms with Crippen molar-refractivity contribution in [1.29, 1.82) is 0 Å². The molecule has 1 heterocycles. The van der Waals surface area contributed by atoms with Gasteiger partial charge in [-0.2, -0.15) is 0 Å². The molecule has 1 atom stereocenters. The fourth-order valence-electron chi connectivity index (χ4n) is 2.21. The summed E-state index contributed by atoms with van der Waals surface area (Å²) in [4.78, 5) is 11.6. The van der Waals surface area contributed by atoms with E-state index in [0.29, 0.717) is 6.54 Å². The number of nitrogens with one attached hydrogen (secondary N) is 2. The maximum Gasteiger partial charge on any atom is 0.237 e. The van der Waals surface area contributed by atoms with Crippen molar-refractivity contribution in [3.05, 3.63) is 0 Å². The van der Waals surface area contributed by atoms with Crippen LogP contribution < -0.4 is 10.6 Å². The van der Waals surface area contributed by atoms with E-state index >= 15 is 0 Å². The molecule has 2 rings (SSSR count). The average Bonchev–Trinajstić information content (AvgIpc) is 2.37. The van der Waals surface area contributed by atoms with Crippen molar-refractivity contribution in [2.45, 2.75) is 50.2 Å². The molecule has 4 heteroatoms. The first-order chi connectivity index (χ1) is 7.20. The van der Waals surface area contributed by atoms with E-state index in [1.807, 2.05) is 0 Å². The van der Waals surface area contributed by atoms with Crippen LogP contribution in [0.3, 0.4) is 0 Å². The summed E-state index contributed by atoms with van der Waals surface area (Å²) in [6.07, 6.45) is 5.88. The average molecular weight is 212 g/mol. The standard InChI is InChI=1S/C11H20N2O2/c14-10-9(4-1-2-7-12-10)13-8-11(15)5-3-6-11/h9,13,15H,1-8H2,(H,12,14). The topological polar surface area (TPSA) is 61.4 Å². The van der Waals surface area contributed by atoms with Gasteiger partial charge in [0.1, 0.15) is 0 Å². The van der Waals surface area contributed by atoms with E-state index in [9.17, 15) is 9.90 Å². The summed E-state index contributed by atoms with van der Waals surface area (Å²) in [7, 11) is 0. The monoisotopic (exact) mass is 212 g/mol. The molecule has 1 aliphatic heterocycles. The summed E-state index contributed by atoms with van der Waals surface area (Å²) in [6.45, 7) is 1.35. The maximum atomic E-state index is 11.6. The Kier molecular flexibility index (Phi) is 3.26. The van der Waals surface area contributed by atoms with Gasteiger partial charge in [-0.1, -0.05) is 0 Å². The van der Waals surface area contributed by atoms with Crippen LogP contribution in [0, 0.1) is 0 Å². The molecular formula is C11H20N2O2. The first-order valence-corrected chi connectivity index (χ1v) is 5.93. The lowest BCUT2D eigenvalue weighted by atomic mass is 9.80. The largest absolute Gasteiger partial charge is 0.389 e. The van der Waals surface area contributed by atoms with Gasteiger partial charge in [-0.25, -0.2) is 0 Å². The number of carbonyl (C=O) groups is 1. The molecule has 4 nitrogen and oxygen atoms in total. The zero-order chi connectivity index (χ0) is 10.7. The maximum absolute atomic E-state index is 11.6. The van der Waals surface area contributed by atoms with Gasteiger partial charge in [0, 0.05) is 13.1 Å². The van der Waals surface area contributed by atoms with Crippen LogP contribution >= 0.6 is 0 Å². The molecule has 1 amide bonds. The van der Waals surface area contributed by atoms with Gasteiger partial charge in [0.2, 0.25) is 5.91 Å². The molecule has 1 unspecified atom stereocenters. The van der Waals surface area contributed by atoms with Gasteiger partial charge in [-0.3, -0.25) is 4.79 Å². The number of hydrogen-bond donors (Lipinski definition) is 3. The lowest BCUT2D eigenvalue weighted by Crippen LogP contribution is -2.52. The fraction of sp³-hybridized carbons (Fsp3) is 0.909. The fourth-order valence-corrected chi connectivity index (χ4v) is 2.21. The second kappa shape index (κ2) is 4.49. The van der Waals surface area contributed by atoms with Gasteiger partial charge in [0.25, 0.3) is 0 Å². The molecule has 1 saturated heterocycles. The van der Waals surface area contributed by atoms with E-state index in [1.165, 1.54) is 0 Å². The minimum atomic E-state index is -0.535. The SMILES string of the molecule is O=C1NCCCCC1NCC1(O)CCC1. The summed E-state index contributed by atoms with van der Waals surface area (Å²) in [5, 5.41) is 16.0. The molecule has 0 spiro atoms. The molecule has 0 aromatic heterocycles. The van der Waals surface area contributed by atoms with Crippen LogP contribution in [0.2, 0.25) is 0 Å². The molecule has 1 aliphatic carbocycles. The van der Waals surface area contributed by atoms with Crippen LogP contribution in [-0.2, 0) is 4.79 Å². The Morgan fingerprint density at radius 2 is 2.20 bits per heavy atom. The molecule has 3 N–H and O–H groups in total. The third kappa shape index (κ3) is 2.69. The predicted molar refractivity (Wildman–Crippen MR) is 57.5 cm³/mol. The smallest absolute Gasteiger partial charge is 0.237 e. The molecule has 0 aromatic carbocycles. The molecule has 0 bridgehead atoms. The normalized spacial score (nSPS) is 30.2. The van der Waals surface area contributed by atoms with E-state index < -0.39 is 5.60 Å². The molecule has 0 radical (unpaired) electrons. The Labute approximate surface area is 90.4 Å².